The fourth-order valence-electron chi connectivity index (χ4n) is 1.82. The number of hydrogen-bond acceptors (Lipinski definition) is 5. The van der Waals surface area contributed by atoms with E-state index in [-0.39, 0.29) is 6.10 Å². The minimum atomic E-state index is 0.273. The quantitative estimate of drug-likeness (QED) is 0.825. The van der Waals surface area contributed by atoms with Crippen molar-refractivity contribution in [3.8, 4) is 6.07 Å². The molecule has 0 saturated carbocycles. The average Bonchev–Trinajstić information content (AvgIpc) is 2.72. The van der Waals surface area contributed by atoms with E-state index in [0.29, 0.717) is 17.4 Å². The monoisotopic (exact) mass is 218 g/mol. The molecule has 2 atom stereocenters. The summed E-state index contributed by atoms with van der Waals surface area (Å²) in [7, 11) is 0. The number of nitriles is 1. The maximum absolute atomic E-state index is 8.85. The smallest absolute Gasteiger partial charge is 0.182 e. The number of ether oxygens (including phenoxy) is 1. The first-order valence-electron chi connectivity index (χ1n) is 5.38. The van der Waals surface area contributed by atoms with Crippen LogP contribution in [0.3, 0.4) is 0 Å². The van der Waals surface area contributed by atoms with Gasteiger partial charge < -0.3 is 10.1 Å². The summed E-state index contributed by atoms with van der Waals surface area (Å²) in [6.07, 6.45) is 4.42. The molecule has 2 heterocycles. The third-order valence-electron chi connectivity index (χ3n) is 2.87. The van der Waals surface area contributed by atoms with Crippen LogP contribution in [-0.4, -0.2) is 29.2 Å². The lowest BCUT2D eigenvalue weighted by molar-refractivity contribution is 0.108. The maximum Gasteiger partial charge on any atom is 0.182 e. The molecular weight excluding hydrogens is 204 g/mol. The SMILES string of the molecule is CC1OCCC1CNc1nccnc1C#N. The Balaban J connectivity index is 1.97. The Hall–Kier alpha value is -1.67. The van der Waals surface area contributed by atoms with Gasteiger partial charge >= 0.3 is 0 Å². The highest BCUT2D eigenvalue weighted by Crippen LogP contribution is 2.20. The molecule has 1 aromatic heterocycles. The molecule has 5 heteroatoms. The molecule has 0 radical (unpaired) electrons. The van der Waals surface area contributed by atoms with Crippen LogP contribution >= 0.6 is 0 Å². The van der Waals surface area contributed by atoms with Crippen molar-refractivity contribution in [1.82, 2.24) is 9.97 Å². The Kier molecular flexibility index (Phi) is 3.32. The van der Waals surface area contributed by atoms with Crippen LogP contribution in [0.2, 0.25) is 0 Å². The summed E-state index contributed by atoms with van der Waals surface area (Å²) in [4.78, 5) is 8.04. The second-order valence-electron chi connectivity index (χ2n) is 3.87. The molecule has 0 aromatic carbocycles. The number of rotatable bonds is 3. The predicted molar refractivity (Wildman–Crippen MR) is 58.8 cm³/mol. The minimum absolute atomic E-state index is 0.273. The molecule has 1 N–H and O–H groups in total. The van der Waals surface area contributed by atoms with E-state index in [1.165, 1.54) is 6.20 Å². The van der Waals surface area contributed by atoms with Crippen LogP contribution in [0.25, 0.3) is 0 Å². The van der Waals surface area contributed by atoms with Crippen molar-refractivity contribution < 1.29 is 4.74 Å². The number of anilines is 1. The third kappa shape index (κ3) is 2.28. The molecule has 1 saturated heterocycles. The lowest BCUT2D eigenvalue weighted by atomic mass is 10.0. The Labute approximate surface area is 94.5 Å². The van der Waals surface area contributed by atoms with E-state index in [2.05, 4.69) is 22.2 Å². The predicted octanol–water partition coefficient (Wildman–Crippen LogP) is 1.19. The van der Waals surface area contributed by atoms with Crippen molar-refractivity contribution in [2.75, 3.05) is 18.5 Å². The van der Waals surface area contributed by atoms with Crippen molar-refractivity contribution in [3.05, 3.63) is 18.1 Å². The molecule has 0 amide bonds. The van der Waals surface area contributed by atoms with E-state index in [4.69, 9.17) is 10.00 Å². The zero-order valence-corrected chi connectivity index (χ0v) is 9.18. The molecule has 0 bridgehead atoms. The topological polar surface area (TPSA) is 70.8 Å². The Morgan fingerprint density at radius 3 is 3.06 bits per heavy atom. The molecule has 5 nitrogen and oxygen atoms in total. The van der Waals surface area contributed by atoms with Crippen LogP contribution < -0.4 is 5.32 Å². The van der Waals surface area contributed by atoms with E-state index in [0.717, 1.165) is 19.6 Å². The number of nitrogens with zero attached hydrogens (tertiary/aromatic N) is 3. The molecule has 1 aliphatic rings. The second-order valence-corrected chi connectivity index (χ2v) is 3.87. The minimum Gasteiger partial charge on any atom is -0.378 e. The van der Waals surface area contributed by atoms with Crippen molar-refractivity contribution in [2.24, 2.45) is 5.92 Å². The number of aromatic nitrogens is 2. The van der Waals surface area contributed by atoms with Gasteiger partial charge in [-0.25, -0.2) is 9.97 Å². The lowest BCUT2D eigenvalue weighted by Crippen LogP contribution is -2.21. The second kappa shape index (κ2) is 4.90. The zero-order valence-electron chi connectivity index (χ0n) is 9.18. The summed E-state index contributed by atoms with van der Waals surface area (Å²) in [5, 5.41) is 12.0. The van der Waals surface area contributed by atoms with Gasteiger partial charge in [0.2, 0.25) is 0 Å². The molecular formula is C11H14N4O. The molecule has 1 fully saturated rings. The molecule has 0 aliphatic carbocycles. The van der Waals surface area contributed by atoms with Crippen LogP contribution in [0.1, 0.15) is 19.0 Å². The van der Waals surface area contributed by atoms with Crippen LogP contribution in [0.15, 0.2) is 12.4 Å². The summed E-state index contributed by atoms with van der Waals surface area (Å²) >= 11 is 0. The summed E-state index contributed by atoms with van der Waals surface area (Å²) in [6, 6.07) is 2.01. The molecule has 0 spiro atoms. The summed E-state index contributed by atoms with van der Waals surface area (Å²) < 4.78 is 5.47. The largest absolute Gasteiger partial charge is 0.378 e. The van der Waals surface area contributed by atoms with Gasteiger partial charge in [0.15, 0.2) is 11.5 Å². The summed E-state index contributed by atoms with van der Waals surface area (Å²) in [5.74, 6) is 1.04. The van der Waals surface area contributed by atoms with Crippen LogP contribution in [-0.2, 0) is 4.74 Å². The average molecular weight is 218 g/mol. The molecule has 1 aliphatic heterocycles. The van der Waals surface area contributed by atoms with Crippen molar-refractivity contribution in [1.29, 1.82) is 5.26 Å². The Bertz CT molecular complexity index is 401. The van der Waals surface area contributed by atoms with Crippen LogP contribution in [0.5, 0.6) is 0 Å². The summed E-state index contributed by atoms with van der Waals surface area (Å²) in [5.41, 5.74) is 0.342. The standard InChI is InChI=1S/C11H14N4O/c1-8-9(2-5-16-8)7-15-11-10(6-12)13-3-4-14-11/h3-4,8-9H,2,5,7H2,1H3,(H,14,15). The molecule has 16 heavy (non-hydrogen) atoms. The summed E-state index contributed by atoms with van der Waals surface area (Å²) in [6.45, 7) is 3.66. The van der Waals surface area contributed by atoms with Crippen LogP contribution in [0.4, 0.5) is 5.82 Å². The fraction of sp³-hybridized carbons (Fsp3) is 0.545. The first kappa shape index (κ1) is 10.8. The lowest BCUT2D eigenvalue weighted by Gasteiger charge is -2.15. The molecule has 1 aromatic rings. The van der Waals surface area contributed by atoms with Gasteiger partial charge in [-0.15, -0.1) is 0 Å². The number of nitrogens with one attached hydrogen (secondary N) is 1. The first-order valence-corrected chi connectivity index (χ1v) is 5.38. The third-order valence-corrected chi connectivity index (χ3v) is 2.87. The normalized spacial score (nSPS) is 24.0. The Morgan fingerprint density at radius 1 is 1.56 bits per heavy atom. The molecule has 2 rings (SSSR count). The van der Waals surface area contributed by atoms with E-state index in [1.54, 1.807) is 6.20 Å². The van der Waals surface area contributed by atoms with Gasteiger partial charge in [-0.3, -0.25) is 0 Å². The fourth-order valence-corrected chi connectivity index (χ4v) is 1.82. The van der Waals surface area contributed by atoms with E-state index < -0.39 is 0 Å². The van der Waals surface area contributed by atoms with Gasteiger partial charge in [0.25, 0.3) is 0 Å². The van der Waals surface area contributed by atoms with Crippen molar-refractivity contribution >= 4 is 5.82 Å². The van der Waals surface area contributed by atoms with E-state index in [1.807, 2.05) is 6.07 Å². The van der Waals surface area contributed by atoms with Crippen molar-refractivity contribution in [2.45, 2.75) is 19.4 Å². The van der Waals surface area contributed by atoms with Gasteiger partial charge in [0.05, 0.1) is 6.10 Å². The van der Waals surface area contributed by atoms with E-state index >= 15 is 0 Å². The van der Waals surface area contributed by atoms with Gasteiger partial charge in [0, 0.05) is 31.5 Å². The Morgan fingerprint density at radius 2 is 2.38 bits per heavy atom. The van der Waals surface area contributed by atoms with Gasteiger partial charge in [-0.05, 0) is 13.3 Å². The van der Waals surface area contributed by atoms with Crippen LogP contribution in [0, 0.1) is 17.2 Å². The zero-order chi connectivity index (χ0) is 11.4. The maximum atomic E-state index is 8.85. The van der Waals surface area contributed by atoms with Gasteiger partial charge in [-0.2, -0.15) is 5.26 Å². The first-order chi connectivity index (χ1) is 7.81. The van der Waals surface area contributed by atoms with Crippen molar-refractivity contribution in [3.63, 3.8) is 0 Å². The molecule has 2 unspecified atom stereocenters. The molecule has 84 valence electrons. The van der Waals surface area contributed by atoms with E-state index in [9.17, 15) is 0 Å². The highest BCUT2D eigenvalue weighted by molar-refractivity contribution is 5.46. The number of hydrogen-bond donors (Lipinski definition) is 1. The van der Waals surface area contributed by atoms with Gasteiger partial charge in [-0.1, -0.05) is 0 Å². The highest BCUT2D eigenvalue weighted by atomic mass is 16.5. The van der Waals surface area contributed by atoms with Gasteiger partial charge in [0.1, 0.15) is 6.07 Å². The highest BCUT2D eigenvalue weighted by Gasteiger charge is 2.24.